The molecule has 3 aromatic rings. The molecule has 3 aromatic carbocycles. The van der Waals surface area contributed by atoms with Gasteiger partial charge in [-0.25, -0.2) is 0 Å². The third-order valence-corrected chi connectivity index (χ3v) is 22.1. The number of benzene rings is 3. The van der Waals surface area contributed by atoms with E-state index in [-0.39, 0.29) is 33.4 Å². The van der Waals surface area contributed by atoms with Crippen LogP contribution in [0.25, 0.3) is 0 Å². The van der Waals surface area contributed by atoms with Gasteiger partial charge in [0.05, 0.1) is 22.1 Å². The van der Waals surface area contributed by atoms with E-state index in [1.807, 2.05) is 11.8 Å². The van der Waals surface area contributed by atoms with Gasteiger partial charge in [-0.05, 0) is 46.8 Å². The summed E-state index contributed by atoms with van der Waals surface area (Å²) in [5, 5.41) is 0.0570. The largest absolute Gasteiger partial charge is 0.413 e. The third kappa shape index (κ3) is 5.84. The quantitative estimate of drug-likeness (QED) is 0.136. The van der Waals surface area contributed by atoms with Crippen LogP contribution in [0.3, 0.4) is 0 Å². The highest BCUT2D eigenvalue weighted by atomic mass is 32.2. The van der Waals surface area contributed by atoms with Gasteiger partial charge in [0.15, 0.2) is 16.6 Å². The summed E-state index contributed by atoms with van der Waals surface area (Å²) in [5.41, 5.74) is 3.66. The van der Waals surface area contributed by atoms with Crippen LogP contribution in [0.15, 0.2) is 91.0 Å². The van der Waals surface area contributed by atoms with Crippen LogP contribution >= 0.6 is 11.8 Å². The first-order valence-corrected chi connectivity index (χ1v) is 22.0. The van der Waals surface area contributed by atoms with Crippen LogP contribution in [-0.2, 0) is 14.0 Å². The number of amides is 1. The number of hydrogen-bond acceptors (Lipinski definition) is 3. The van der Waals surface area contributed by atoms with Gasteiger partial charge >= 0.3 is 0 Å². The zero-order chi connectivity index (χ0) is 31.1. The predicted molar refractivity (Wildman–Crippen MR) is 186 cm³/mol. The Labute approximate surface area is 261 Å². The summed E-state index contributed by atoms with van der Waals surface area (Å²) in [6.07, 6.45) is -0.170. The smallest absolute Gasteiger partial charge is 0.224 e. The van der Waals surface area contributed by atoms with Crippen LogP contribution in [0.5, 0.6) is 0 Å². The second kappa shape index (κ2) is 11.8. The molecular formula is C36H51NO2SSi2. The molecule has 4 rings (SSSR count). The predicted octanol–water partition coefficient (Wildman–Crippen LogP) is 9.91. The number of thioether (sulfide) groups is 1. The molecule has 0 aromatic heterocycles. The summed E-state index contributed by atoms with van der Waals surface area (Å²) in [4.78, 5) is 14.4. The Bertz CT molecular complexity index is 1250. The van der Waals surface area contributed by atoms with Crippen molar-refractivity contribution in [1.29, 1.82) is 0 Å². The highest BCUT2D eigenvalue weighted by Crippen LogP contribution is 2.58. The average Bonchev–Trinajstić information content (AvgIpc) is 2.90. The fourth-order valence-corrected chi connectivity index (χ4v) is 12.1. The Morgan fingerprint density at radius 1 is 0.690 bits per heavy atom. The molecular weight excluding hydrogens is 567 g/mol. The molecule has 0 aliphatic carbocycles. The van der Waals surface area contributed by atoms with E-state index in [2.05, 4.69) is 170 Å². The normalized spacial score (nSPS) is 19.4. The van der Waals surface area contributed by atoms with Crippen molar-refractivity contribution in [2.75, 3.05) is 0 Å². The van der Waals surface area contributed by atoms with E-state index in [0.717, 1.165) is 0 Å². The van der Waals surface area contributed by atoms with E-state index in [1.165, 1.54) is 16.7 Å². The van der Waals surface area contributed by atoms with Crippen molar-refractivity contribution < 1.29 is 9.22 Å². The first-order chi connectivity index (χ1) is 19.4. The summed E-state index contributed by atoms with van der Waals surface area (Å²) in [5.74, 6) is 0.0437. The first kappa shape index (κ1) is 32.8. The van der Waals surface area contributed by atoms with E-state index in [1.54, 1.807) is 0 Å². The Hall–Kier alpha value is -2.13. The first-order valence-electron chi connectivity index (χ1n) is 15.3. The molecule has 1 saturated heterocycles. The third-order valence-electron chi connectivity index (χ3n) is 10.2. The van der Waals surface area contributed by atoms with Crippen molar-refractivity contribution in [2.45, 2.75) is 101 Å². The zero-order valence-electron chi connectivity index (χ0n) is 27.6. The number of rotatable bonds is 9. The number of β-lactam (4-membered cyclic amide) rings is 1. The lowest BCUT2D eigenvalue weighted by atomic mass is 9.84. The molecule has 3 nitrogen and oxygen atoms in total. The molecule has 6 heteroatoms. The molecule has 0 unspecified atom stereocenters. The van der Waals surface area contributed by atoms with Crippen LogP contribution in [0.1, 0.15) is 65.2 Å². The molecule has 226 valence electrons. The Morgan fingerprint density at radius 2 is 1.07 bits per heavy atom. The second-order valence-corrected chi connectivity index (χ2v) is 26.1. The van der Waals surface area contributed by atoms with E-state index >= 15 is 0 Å². The summed E-state index contributed by atoms with van der Waals surface area (Å²) >= 11 is 1.94. The maximum Gasteiger partial charge on any atom is 0.224 e. The minimum Gasteiger partial charge on any atom is -0.413 e. The fourth-order valence-electron chi connectivity index (χ4n) is 5.62. The topological polar surface area (TPSA) is 29.5 Å². The van der Waals surface area contributed by atoms with Crippen molar-refractivity contribution in [3.8, 4) is 0 Å². The SMILES string of the molecule is C[C@@H](O[Si](C)(C)C(C)(C)C)[C@H]1C(=O)N([Si](C)(C)C(C)(C)C)[C@@H]1SC(c1ccccc1)(c1ccccc1)c1ccccc1. The van der Waals surface area contributed by atoms with Crippen LogP contribution < -0.4 is 0 Å². The van der Waals surface area contributed by atoms with Crippen LogP contribution in [-0.4, -0.2) is 38.5 Å². The summed E-state index contributed by atoms with van der Waals surface area (Å²) < 4.78 is 8.79. The summed E-state index contributed by atoms with van der Waals surface area (Å²) in [6.45, 7) is 25.2. The highest BCUT2D eigenvalue weighted by Gasteiger charge is 2.62. The number of hydrogen-bond donors (Lipinski definition) is 0. The zero-order valence-corrected chi connectivity index (χ0v) is 30.4. The number of carbonyl (C=O) groups is 1. The van der Waals surface area contributed by atoms with Gasteiger partial charge in [-0.3, -0.25) is 4.79 Å². The summed E-state index contributed by atoms with van der Waals surface area (Å²) in [6, 6.07) is 32.5. The van der Waals surface area contributed by atoms with E-state index in [4.69, 9.17) is 4.43 Å². The van der Waals surface area contributed by atoms with Gasteiger partial charge in [0.2, 0.25) is 5.91 Å². The van der Waals surface area contributed by atoms with Crippen LogP contribution in [0.2, 0.25) is 36.3 Å². The molecule has 1 aliphatic heterocycles. The fraction of sp³-hybridized carbons (Fsp3) is 0.472. The number of nitrogens with zero attached hydrogens (tertiary/aromatic N) is 1. The summed E-state index contributed by atoms with van der Waals surface area (Å²) in [7, 11) is -4.31. The van der Waals surface area contributed by atoms with Gasteiger partial charge < -0.3 is 8.99 Å². The molecule has 0 spiro atoms. The molecule has 1 fully saturated rings. The lowest BCUT2D eigenvalue weighted by molar-refractivity contribution is -0.148. The number of carbonyl (C=O) groups excluding carboxylic acids is 1. The van der Waals surface area contributed by atoms with E-state index in [9.17, 15) is 4.79 Å². The molecule has 1 heterocycles. The molecule has 1 amide bonds. The lowest BCUT2D eigenvalue weighted by Crippen LogP contribution is -2.74. The van der Waals surface area contributed by atoms with Gasteiger partial charge in [0.1, 0.15) is 0 Å². The maximum absolute atomic E-state index is 14.4. The Kier molecular flexibility index (Phi) is 9.17. The van der Waals surface area contributed by atoms with Gasteiger partial charge in [-0.1, -0.05) is 146 Å². The molecule has 0 N–H and O–H groups in total. The van der Waals surface area contributed by atoms with E-state index < -0.39 is 21.3 Å². The van der Waals surface area contributed by atoms with Crippen LogP contribution in [0, 0.1) is 5.92 Å². The molecule has 1 aliphatic rings. The van der Waals surface area contributed by atoms with Gasteiger partial charge in [-0.15, -0.1) is 11.8 Å². The van der Waals surface area contributed by atoms with Gasteiger partial charge in [0, 0.05) is 0 Å². The standard InChI is InChI=1S/C36H51NO2SSi2/c1-27(39-42(10,11)35(5,6)7)31-32(38)37(41(8,9)34(2,3)4)33(31)40-36(28-21-15-12-16-22-28,29-23-17-13-18-24-29)30-25-19-14-20-26-30/h12-27,31,33H,1-11H3/t27-,31+,33-/m1/s1. The second-order valence-electron chi connectivity index (χ2n) is 14.9. The molecule has 0 radical (unpaired) electrons. The van der Waals surface area contributed by atoms with Crippen molar-refractivity contribution in [3.05, 3.63) is 108 Å². The molecule has 3 atom stereocenters. The minimum atomic E-state index is -2.21. The maximum atomic E-state index is 14.4. The average molecular weight is 618 g/mol. The van der Waals surface area contributed by atoms with Crippen molar-refractivity contribution >= 4 is 34.2 Å². The molecule has 42 heavy (non-hydrogen) atoms. The molecule has 0 bridgehead atoms. The molecule has 0 saturated carbocycles. The van der Waals surface area contributed by atoms with E-state index in [0.29, 0.717) is 0 Å². The van der Waals surface area contributed by atoms with Gasteiger partial charge in [0.25, 0.3) is 0 Å². The van der Waals surface area contributed by atoms with Crippen LogP contribution in [0.4, 0.5) is 0 Å². The Morgan fingerprint density at radius 3 is 1.40 bits per heavy atom. The lowest BCUT2D eigenvalue weighted by Gasteiger charge is -2.61. The highest BCUT2D eigenvalue weighted by molar-refractivity contribution is 8.01. The minimum absolute atomic E-state index is 0.0187. The van der Waals surface area contributed by atoms with Crippen molar-refractivity contribution in [3.63, 3.8) is 0 Å². The van der Waals surface area contributed by atoms with Crippen molar-refractivity contribution in [1.82, 2.24) is 4.57 Å². The monoisotopic (exact) mass is 617 g/mol. The Balaban J connectivity index is 1.93. The van der Waals surface area contributed by atoms with Gasteiger partial charge in [-0.2, -0.15) is 0 Å². The van der Waals surface area contributed by atoms with Crippen molar-refractivity contribution in [2.24, 2.45) is 5.92 Å².